The zero-order chi connectivity index (χ0) is 18.7. The second-order valence-corrected chi connectivity index (χ2v) is 7.58. The third-order valence-electron chi connectivity index (χ3n) is 3.88. The fraction of sp³-hybridized carbons (Fsp3) is 0.353. The van der Waals surface area contributed by atoms with Crippen LogP contribution in [0.1, 0.15) is 5.69 Å². The molecule has 1 aliphatic rings. The number of aromatic nitrogens is 2. The molecular weight excluding hydrogens is 374 g/mol. The van der Waals surface area contributed by atoms with E-state index in [0.717, 1.165) is 22.8 Å². The second kappa shape index (κ2) is 8.05. The number of thioether (sulfide) groups is 2. The molecule has 26 heavy (non-hydrogen) atoms. The van der Waals surface area contributed by atoms with Crippen molar-refractivity contribution < 1.29 is 14.3 Å². The Bertz CT molecular complexity index is 898. The number of hydrogen-bond acceptors (Lipinski definition) is 7. The number of aryl methyl sites for hydroxylation is 1. The molecule has 0 saturated heterocycles. The normalized spacial score (nSPS) is 12.6. The summed E-state index contributed by atoms with van der Waals surface area (Å²) >= 11 is 2.78. The lowest BCUT2D eigenvalue weighted by atomic mass is 10.2. The van der Waals surface area contributed by atoms with Gasteiger partial charge in [-0.2, -0.15) is 0 Å². The molecule has 138 valence electrons. The number of rotatable bonds is 6. The summed E-state index contributed by atoms with van der Waals surface area (Å²) in [7, 11) is 4.77. The van der Waals surface area contributed by atoms with Gasteiger partial charge in [0.05, 0.1) is 36.2 Å². The lowest BCUT2D eigenvalue weighted by Crippen LogP contribution is -2.23. The molecule has 2 aromatic rings. The number of ether oxygens (including phenoxy) is 2. The predicted molar refractivity (Wildman–Crippen MR) is 103 cm³/mol. The van der Waals surface area contributed by atoms with Gasteiger partial charge in [-0.1, -0.05) is 11.8 Å². The lowest BCUT2D eigenvalue weighted by molar-refractivity contribution is -0.113. The molecule has 1 amide bonds. The van der Waals surface area contributed by atoms with Gasteiger partial charge in [-0.15, -0.1) is 11.8 Å². The van der Waals surface area contributed by atoms with E-state index >= 15 is 0 Å². The summed E-state index contributed by atoms with van der Waals surface area (Å²) < 4.78 is 11.9. The monoisotopic (exact) mass is 393 g/mol. The van der Waals surface area contributed by atoms with E-state index in [4.69, 9.17) is 9.47 Å². The fourth-order valence-electron chi connectivity index (χ4n) is 2.53. The number of hydrogen-bond donors (Lipinski definition) is 1. The van der Waals surface area contributed by atoms with Crippen LogP contribution in [0.15, 0.2) is 33.0 Å². The predicted octanol–water partition coefficient (Wildman–Crippen LogP) is 2.18. The van der Waals surface area contributed by atoms with Gasteiger partial charge in [-0.3, -0.25) is 14.2 Å². The molecule has 0 radical (unpaired) electrons. The van der Waals surface area contributed by atoms with Crippen molar-refractivity contribution in [3.8, 4) is 11.5 Å². The first-order valence-corrected chi connectivity index (χ1v) is 9.88. The molecule has 1 aromatic carbocycles. The van der Waals surface area contributed by atoms with Crippen LogP contribution < -0.4 is 20.3 Å². The van der Waals surface area contributed by atoms with Gasteiger partial charge in [-0.05, 0) is 12.1 Å². The molecule has 2 heterocycles. The minimum absolute atomic E-state index is 0.0464. The van der Waals surface area contributed by atoms with Crippen molar-refractivity contribution in [1.82, 2.24) is 9.55 Å². The van der Waals surface area contributed by atoms with Crippen LogP contribution in [0, 0.1) is 0 Å². The molecular formula is C17H19N3O4S2. The topological polar surface area (TPSA) is 82.5 Å². The zero-order valence-electron chi connectivity index (χ0n) is 14.7. The third-order valence-corrected chi connectivity index (χ3v) is 6.01. The Hall–Kier alpha value is -2.13. The number of carbonyl (C=O) groups excluding carboxylic acids is 1. The van der Waals surface area contributed by atoms with Crippen molar-refractivity contribution in [3.05, 3.63) is 34.2 Å². The molecule has 1 aromatic heterocycles. The van der Waals surface area contributed by atoms with E-state index in [9.17, 15) is 9.59 Å². The maximum Gasteiger partial charge on any atom is 0.267 e. The average molecular weight is 393 g/mol. The summed E-state index contributed by atoms with van der Waals surface area (Å²) in [6.45, 7) is 0. The molecule has 1 aliphatic heterocycles. The van der Waals surface area contributed by atoms with Crippen molar-refractivity contribution in [2.75, 3.05) is 31.0 Å². The number of nitrogens with one attached hydrogen (secondary N) is 1. The first kappa shape index (κ1) is 18.7. The van der Waals surface area contributed by atoms with E-state index in [2.05, 4.69) is 10.3 Å². The fourth-order valence-corrected chi connectivity index (χ4v) is 4.38. The molecule has 0 bridgehead atoms. The molecule has 9 heteroatoms. The summed E-state index contributed by atoms with van der Waals surface area (Å²) in [6, 6.07) is 5.18. The minimum atomic E-state index is -0.217. The van der Waals surface area contributed by atoms with Gasteiger partial charge < -0.3 is 14.8 Å². The summed E-state index contributed by atoms with van der Waals surface area (Å²) in [4.78, 5) is 29.9. The Morgan fingerprint density at radius 3 is 2.92 bits per heavy atom. The van der Waals surface area contributed by atoms with Crippen LogP contribution in [0.3, 0.4) is 0 Å². The Morgan fingerprint density at radius 1 is 1.38 bits per heavy atom. The second-order valence-electron chi connectivity index (χ2n) is 5.54. The van der Waals surface area contributed by atoms with Gasteiger partial charge in [0.15, 0.2) is 5.16 Å². The van der Waals surface area contributed by atoms with Crippen LogP contribution in [0.2, 0.25) is 0 Å². The Balaban J connectivity index is 1.71. The largest absolute Gasteiger partial charge is 0.497 e. The Morgan fingerprint density at radius 2 is 2.19 bits per heavy atom. The number of anilines is 1. The van der Waals surface area contributed by atoms with Crippen molar-refractivity contribution in [1.29, 1.82) is 0 Å². The Labute approximate surface area is 159 Å². The summed E-state index contributed by atoms with van der Waals surface area (Å²) in [5.41, 5.74) is 1.31. The van der Waals surface area contributed by atoms with Crippen molar-refractivity contribution >= 4 is 35.1 Å². The third kappa shape index (κ3) is 3.83. The zero-order valence-corrected chi connectivity index (χ0v) is 16.3. The number of benzene rings is 1. The van der Waals surface area contributed by atoms with Gasteiger partial charge in [0.2, 0.25) is 5.91 Å². The number of fused-ring (bicyclic) bond motifs is 1. The van der Waals surface area contributed by atoms with Gasteiger partial charge in [0.25, 0.3) is 5.56 Å². The average Bonchev–Trinajstić information content (AvgIpc) is 3.12. The van der Waals surface area contributed by atoms with Crippen LogP contribution in [0.25, 0.3) is 0 Å². The van der Waals surface area contributed by atoms with Crippen LogP contribution in [0.5, 0.6) is 11.5 Å². The van der Waals surface area contributed by atoms with Crippen molar-refractivity contribution in [2.24, 2.45) is 7.05 Å². The molecule has 0 unspecified atom stereocenters. The summed E-state index contributed by atoms with van der Waals surface area (Å²) in [5.74, 6) is 1.96. The molecule has 0 fully saturated rings. The summed E-state index contributed by atoms with van der Waals surface area (Å²) in [6.07, 6.45) is 0.789. The SMILES string of the molecule is COc1ccc(OC)c(NC(=O)CSc2nc3c(c(=O)n2C)SCC3)c1. The van der Waals surface area contributed by atoms with Gasteiger partial charge >= 0.3 is 0 Å². The highest BCUT2D eigenvalue weighted by molar-refractivity contribution is 8.00. The van der Waals surface area contributed by atoms with E-state index in [-0.39, 0.29) is 17.2 Å². The van der Waals surface area contributed by atoms with E-state index in [1.54, 1.807) is 44.1 Å². The molecule has 3 rings (SSSR count). The molecule has 7 nitrogen and oxygen atoms in total. The van der Waals surface area contributed by atoms with Crippen molar-refractivity contribution in [3.63, 3.8) is 0 Å². The first-order valence-electron chi connectivity index (χ1n) is 7.91. The van der Waals surface area contributed by atoms with Crippen LogP contribution >= 0.6 is 23.5 Å². The van der Waals surface area contributed by atoms with E-state index in [1.165, 1.54) is 23.4 Å². The number of amides is 1. The number of carbonyl (C=O) groups is 1. The molecule has 0 aliphatic carbocycles. The smallest absolute Gasteiger partial charge is 0.267 e. The maximum absolute atomic E-state index is 12.3. The van der Waals surface area contributed by atoms with Crippen LogP contribution in [0.4, 0.5) is 5.69 Å². The maximum atomic E-state index is 12.3. The molecule has 0 spiro atoms. The first-order chi connectivity index (χ1) is 12.5. The van der Waals surface area contributed by atoms with Crippen LogP contribution in [-0.4, -0.2) is 41.2 Å². The Kier molecular flexibility index (Phi) is 5.77. The highest BCUT2D eigenvalue weighted by atomic mass is 32.2. The molecule has 0 saturated carbocycles. The van der Waals surface area contributed by atoms with Crippen LogP contribution in [-0.2, 0) is 18.3 Å². The van der Waals surface area contributed by atoms with Gasteiger partial charge in [0.1, 0.15) is 11.5 Å². The van der Waals surface area contributed by atoms with Crippen molar-refractivity contribution in [2.45, 2.75) is 16.5 Å². The number of methoxy groups -OCH3 is 2. The minimum Gasteiger partial charge on any atom is -0.497 e. The quantitative estimate of drug-likeness (QED) is 0.595. The van der Waals surface area contributed by atoms with E-state index in [1.807, 2.05) is 0 Å². The highest BCUT2D eigenvalue weighted by Crippen LogP contribution is 2.30. The van der Waals surface area contributed by atoms with E-state index < -0.39 is 0 Å². The number of nitrogens with zero attached hydrogens (tertiary/aromatic N) is 2. The molecule has 0 atom stereocenters. The lowest BCUT2D eigenvalue weighted by Gasteiger charge is -2.12. The van der Waals surface area contributed by atoms with E-state index in [0.29, 0.717) is 22.3 Å². The molecule has 1 N–H and O–H groups in total. The summed E-state index contributed by atoms with van der Waals surface area (Å²) in [5, 5.41) is 3.35. The van der Waals surface area contributed by atoms with Gasteiger partial charge in [0, 0.05) is 25.3 Å². The standard InChI is InChI=1S/C17H19N3O4S2/c1-20-16(22)15-11(6-7-25-15)19-17(20)26-9-14(21)18-12-8-10(23-2)4-5-13(12)24-3/h4-5,8H,6-7,9H2,1-3H3,(H,18,21). The highest BCUT2D eigenvalue weighted by Gasteiger charge is 2.20. The van der Waals surface area contributed by atoms with Gasteiger partial charge in [-0.25, -0.2) is 4.98 Å².